The third-order valence-electron chi connectivity index (χ3n) is 3.07. The van der Waals surface area contributed by atoms with Crippen LogP contribution in [0.1, 0.15) is 32.5 Å². The topological polar surface area (TPSA) is 71.8 Å². The number of carbonyl (C=O) groups excluding carboxylic acids is 1. The molecule has 0 unspecified atom stereocenters. The number of hydrogen-bond donors (Lipinski definition) is 2. The maximum atomic E-state index is 11.4. The maximum Gasteiger partial charge on any atom is 0.223 e. The Bertz CT molecular complexity index is 411. The van der Waals surface area contributed by atoms with E-state index >= 15 is 0 Å². The molecule has 1 aromatic rings. The molecule has 6 nitrogen and oxygen atoms in total. The monoisotopic (exact) mass is 265 g/mol. The van der Waals surface area contributed by atoms with Crippen molar-refractivity contribution < 1.29 is 4.79 Å². The molecule has 1 fully saturated rings. The van der Waals surface area contributed by atoms with Crippen LogP contribution >= 0.6 is 0 Å². The van der Waals surface area contributed by atoms with Gasteiger partial charge in [-0.1, -0.05) is 13.8 Å². The molecule has 19 heavy (non-hydrogen) atoms. The predicted octanol–water partition coefficient (Wildman–Crippen LogP) is 0.550. The molecule has 0 radical (unpaired) electrons. The number of hydrogen-bond acceptors (Lipinski definition) is 4. The van der Waals surface area contributed by atoms with E-state index in [1.165, 1.54) is 0 Å². The quantitative estimate of drug-likeness (QED) is 0.673. The molecule has 0 atom stereocenters. The lowest BCUT2D eigenvalue weighted by Crippen LogP contribution is -2.33. The van der Waals surface area contributed by atoms with Crippen molar-refractivity contribution in [3.05, 3.63) is 12.2 Å². The molecule has 0 saturated heterocycles. The molecule has 0 bridgehead atoms. The van der Waals surface area contributed by atoms with E-state index in [-0.39, 0.29) is 11.8 Å². The van der Waals surface area contributed by atoms with Gasteiger partial charge >= 0.3 is 0 Å². The molecule has 1 aliphatic carbocycles. The van der Waals surface area contributed by atoms with Gasteiger partial charge in [0.05, 0.1) is 6.54 Å². The van der Waals surface area contributed by atoms with Gasteiger partial charge in [-0.3, -0.25) is 4.79 Å². The Labute approximate surface area is 114 Å². The van der Waals surface area contributed by atoms with Crippen molar-refractivity contribution in [2.45, 2.75) is 39.8 Å². The van der Waals surface area contributed by atoms with E-state index in [0.717, 1.165) is 31.8 Å². The summed E-state index contributed by atoms with van der Waals surface area (Å²) in [6, 6.07) is 0. The van der Waals surface area contributed by atoms with Gasteiger partial charge in [0.1, 0.15) is 12.2 Å². The first-order chi connectivity index (χ1) is 9.16. The molecule has 0 aromatic carbocycles. The lowest BCUT2D eigenvalue weighted by atomic mass is 10.2. The van der Waals surface area contributed by atoms with Gasteiger partial charge in [0.15, 0.2) is 0 Å². The summed E-state index contributed by atoms with van der Waals surface area (Å²) in [4.78, 5) is 15.6. The van der Waals surface area contributed by atoms with Crippen LogP contribution in [-0.4, -0.2) is 33.8 Å². The lowest BCUT2D eigenvalue weighted by molar-refractivity contribution is -0.122. The van der Waals surface area contributed by atoms with Crippen molar-refractivity contribution >= 4 is 5.91 Å². The molecule has 6 heteroatoms. The van der Waals surface area contributed by atoms with Crippen LogP contribution in [-0.2, 0) is 17.9 Å². The van der Waals surface area contributed by atoms with E-state index in [0.29, 0.717) is 19.0 Å². The van der Waals surface area contributed by atoms with E-state index in [2.05, 4.69) is 34.6 Å². The predicted molar refractivity (Wildman–Crippen MR) is 72.3 cm³/mol. The van der Waals surface area contributed by atoms with Gasteiger partial charge in [0.25, 0.3) is 0 Å². The van der Waals surface area contributed by atoms with Crippen LogP contribution in [0.5, 0.6) is 0 Å². The smallest absolute Gasteiger partial charge is 0.223 e. The number of nitrogens with zero attached hydrogens (tertiary/aromatic N) is 3. The molecule has 1 heterocycles. The highest BCUT2D eigenvalue weighted by Gasteiger charge is 2.28. The van der Waals surface area contributed by atoms with Crippen molar-refractivity contribution in [2.24, 2.45) is 11.8 Å². The summed E-state index contributed by atoms with van der Waals surface area (Å²) in [6.07, 6.45) is 3.70. The normalized spacial score (nSPS) is 14.9. The van der Waals surface area contributed by atoms with E-state index < -0.39 is 0 Å². The molecule has 1 aliphatic rings. The van der Waals surface area contributed by atoms with Crippen molar-refractivity contribution in [2.75, 3.05) is 13.1 Å². The van der Waals surface area contributed by atoms with Gasteiger partial charge in [0.2, 0.25) is 5.91 Å². The number of rotatable bonds is 8. The second-order valence-electron chi connectivity index (χ2n) is 5.49. The summed E-state index contributed by atoms with van der Waals surface area (Å²) in [5.74, 6) is 1.99. The van der Waals surface area contributed by atoms with Gasteiger partial charge in [0, 0.05) is 25.6 Å². The summed E-state index contributed by atoms with van der Waals surface area (Å²) < 4.78 is 1.93. The van der Waals surface area contributed by atoms with E-state index in [4.69, 9.17) is 0 Å². The van der Waals surface area contributed by atoms with Gasteiger partial charge in [-0.2, -0.15) is 5.10 Å². The fraction of sp³-hybridized carbons (Fsp3) is 0.769. The SMILES string of the molecule is CC(C)Cn1ncnc1CNCCNC(=O)C1CC1. The minimum Gasteiger partial charge on any atom is -0.355 e. The molecule has 2 rings (SSSR count). The van der Waals surface area contributed by atoms with Crippen molar-refractivity contribution in [1.82, 2.24) is 25.4 Å². The van der Waals surface area contributed by atoms with Crippen LogP contribution in [0.15, 0.2) is 6.33 Å². The number of aromatic nitrogens is 3. The van der Waals surface area contributed by atoms with E-state index in [9.17, 15) is 4.79 Å². The minimum atomic E-state index is 0.199. The summed E-state index contributed by atoms with van der Waals surface area (Å²) >= 11 is 0. The zero-order chi connectivity index (χ0) is 13.7. The first kappa shape index (κ1) is 14.0. The van der Waals surface area contributed by atoms with Crippen LogP contribution in [0.3, 0.4) is 0 Å². The fourth-order valence-corrected chi connectivity index (χ4v) is 1.89. The molecule has 106 valence electrons. The van der Waals surface area contributed by atoms with Gasteiger partial charge < -0.3 is 10.6 Å². The average Bonchev–Trinajstić information content (AvgIpc) is 3.12. The van der Waals surface area contributed by atoms with Crippen LogP contribution < -0.4 is 10.6 Å². The number of nitrogens with one attached hydrogen (secondary N) is 2. The zero-order valence-corrected chi connectivity index (χ0v) is 11.7. The molecular weight excluding hydrogens is 242 g/mol. The Hall–Kier alpha value is -1.43. The van der Waals surface area contributed by atoms with E-state index in [1.807, 2.05) is 4.68 Å². The Morgan fingerprint density at radius 1 is 1.47 bits per heavy atom. The highest BCUT2D eigenvalue weighted by molar-refractivity contribution is 5.80. The van der Waals surface area contributed by atoms with Gasteiger partial charge in [-0.15, -0.1) is 0 Å². The van der Waals surface area contributed by atoms with Crippen LogP contribution in [0.2, 0.25) is 0 Å². The minimum absolute atomic E-state index is 0.199. The molecule has 1 saturated carbocycles. The number of amides is 1. The van der Waals surface area contributed by atoms with E-state index in [1.54, 1.807) is 6.33 Å². The second kappa shape index (κ2) is 6.65. The Kier molecular flexibility index (Phi) is 4.90. The highest BCUT2D eigenvalue weighted by Crippen LogP contribution is 2.28. The Morgan fingerprint density at radius 3 is 2.95 bits per heavy atom. The Morgan fingerprint density at radius 2 is 2.26 bits per heavy atom. The lowest BCUT2D eigenvalue weighted by Gasteiger charge is -2.09. The van der Waals surface area contributed by atoms with Gasteiger partial charge in [-0.05, 0) is 18.8 Å². The molecule has 1 amide bonds. The molecule has 2 N–H and O–H groups in total. The summed E-state index contributed by atoms with van der Waals surface area (Å²) in [5.41, 5.74) is 0. The second-order valence-corrected chi connectivity index (χ2v) is 5.49. The largest absolute Gasteiger partial charge is 0.355 e. The fourth-order valence-electron chi connectivity index (χ4n) is 1.89. The number of carbonyl (C=O) groups is 1. The highest BCUT2D eigenvalue weighted by atomic mass is 16.2. The third kappa shape index (κ3) is 4.63. The maximum absolute atomic E-state index is 11.4. The first-order valence-corrected chi connectivity index (χ1v) is 7.02. The molecule has 0 aliphatic heterocycles. The third-order valence-corrected chi connectivity index (χ3v) is 3.07. The molecule has 0 spiro atoms. The van der Waals surface area contributed by atoms with Crippen molar-refractivity contribution in [3.63, 3.8) is 0 Å². The summed E-state index contributed by atoms with van der Waals surface area (Å²) in [5, 5.41) is 10.4. The van der Waals surface area contributed by atoms with Gasteiger partial charge in [-0.25, -0.2) is 9.67 Å². The van der Waals surface area contributed by atoms with Crippen LogP contribution in [0.25, 0.3) is 0 Å². The zero-order valence-electron chi connectivity index (χ0n) is 11.7. The Balaban J connectivity index is 1.62. The molecule has 1 aromatic heterocycles. The average molecular weight is 265 g/mol. The first-order valence-electron chi connectivity index (χ1n) is 7.02. The van der Waals surface area contributed by atoms with Crippen molar-refractivity contribution in [3.8, 4) is 0 Å². The standard InChI is InChI=1S/C13H23N5O/c1-10(2)8-18-12(16-9-17-18)7-14-5-6-15-13(19)11-3-4-11/h9-11,14H,3-8H2,1-2H3,(H,15,19). The van der Waals surface area contributed by atoms with Crippen molar-refractivity contribution in [1.29, 1.82) is 0 Å². The van der Waals surface area contributed by atoms with Crippen LogP contribution in [0, 0.1) is 11.8 Å². The summed E-state index contributed by atoms with van der Waals surface area (Å²) in [7, 11) is 0. The summed E-state index contributed by atoms with van der Waals surface area (Å²) in [6.45, 7) is 7.32. The van der Waals surface area contributed by atoms with Crippen LogP contribution in [0.4, 0.5) is 0 Å². The molecular formula is C13H23N5O.